The van der Waals surface area contributed by atoms with E-state index in [1.54, 1.807) is 23.0 Å². The van der Waals surface area contributed by atoms with Gasteiger partial charge in [-0.1, -0.05) is 17.3 Å². The van der Waals surface area contributed by atoms with Gasteiger partial charge >= 0.3 is 0 Å². The first-order valence-electron chi connectivity index (χ1n) is 9.00. The number of amides is 1. The highest BCUT2D eigenvalue weighted by Crippen LogP contribution is 2.17. The number of hydrogen-bond acceptors (Lipinski definition) is 4. The molecule has 2 N–H and O–H groups in total. The van der Waals surface area contributed by atoms with E-state index in [9.17, 15) is 9.18 Å². The fraction of sp³-hybridized carbons (Fsp3) is 0.500. The standard InChI is InChI=1S/C18H24FN5O2/c1-14(15-3-5-16(19)6-4-15)24-13-17(21-22-24)18(25)20-7-2-8-23-9-11-26-12-10-23/h3-6,13-14H,2,7-12H2,1H3,(H,20,25)/p+1/t14-/m0/s1. The van der Waals surface area contributed by atoms with Crippen molar-refractivity contribution in [2.75, 3.05) is 39.4 Å². The molecule has 1 aliphatic rings. The number of carbonyl (C=O) groups excluding carboxylic acids is 1. The van der Waals surface area contributed by atoms with Crippen molar-refractivity contribution in [3.8, 4) is 0 Å². The second-order valence-electron chi connectivity index (χ2n) is 6.53. The molecule has 1 aromatic heterocycles. The monoisotopic (exact) mass is 362 g/mol. The van der Waals surface area contributed by atoms with Gasteiger partial charge in [-0.3, -0.25) is 4.79 Å². The SMILES string of the molecule is C[C@@H](c1ccc(F)cc1)n1cc(C(=O)NCCC[NH+]2CCOCC2)nn1. The van der Waals surface area contributed by atoms with E-state index >= 15 is 0 Å². The molecule has 0 aliphatic carbocycles. The Morgan fingerprint density at radius 3 is 2.81 bits per heavy atom. The van der Waals surface area contributed by atoms with E-state index in [0.29, 0.717) is 6.54 Å². The summed E-state index contributed by atoms with van der Waals surface area (Å²) in [5, 5.41) is 10.9. The third-order valence-corrected chi connectivity index (χ3v) is 4.68. The summed E-state index contributed by atoms with van der Waals surface area (Å²) in [7, 11) is 0. The van der Waals surface area contributed by atoms with Gasteiger partial charge in [0, 0.05) is 13.0 Å². The van der Waals surface area contributed by atoms with E-state index in [2.05, 4.69) is 15.6 Å². The number of rotatable bonds is 7. The number of nitrogens with zero attached hydrogens (tertiary/aromatic N) is 3. The van der Waals surface area contributed by atoms with Crippen molar-refractivity contribution in [3.05, 3.63) is 47.5 Å². The van der Waals surface area contributed by atoms with Crippen LogP contribution in [0.25, 0.3) is 0 Å². The quantitative estimate of drug-likeness (QED) is 0.684. The normalized spacial score (nSPS) is 16.4. The Hall–Kier alpha value is -2.32. The van der Waals surface area contributed by atoms with Crippen LogP contribution in [0.4, 0.5) is 4.39 Å². The van der Waals surface area contributed by atoms with Gasteiger partial charge in [-0.2, -0.15) is 0 Å². The lowest BCUT2D eigenvalue weighted by molar-refractivity contribution is -0.908. The zero-order valence-corrected chi connectivity index (χ0v) is 14.9. The topological polar surface area (TPSA) is 73.5 Å². The molecule has 0 bridgehead atoms. The van der Waals surface area contributed by atoms with Crippen LogP contribution < -0.4 is 10.2 Å². The summed E-state index contributed by atoms with van der Waals surface area (Å²) in [6.07, 6.45) is 2.54. The number of hydrogen-bond donors (Lipinski definition) is 2. The molecule has 0 spiro atoms. The zero-order valence-electron chi connectivity index (χ0n) is 14.9. The third-order valence-electron chi connectivity index (χ3n) is 4.68. The van der Waals surface area contributed by atoms with E-state index in [-0.39, 0.29) is 23.5 Å². The molecule has 140 valence electrons. The van der Waals surface area contributed by atoms with Crippen molar-refractivity contribution in [1.29, 1.82) is 0 Å². The molecule has 1 fully saturated rings. The van der Waals surface area contributed by atoms with Crippen LogP contribution in [0.5, 0.6) is 0 Å². The fourth-order valence-electron chi connectivity index (χ4n) is 3.01. The van der Waals surface area contributed by atoms with Gasteiger partial charge in [0.2, 0.25) is 0 Å². The Morgan fingerprint density at radius 2 is 2.08 bits per heavy atom. The summed E-state index contributed by atoms with van der Waals surface area (Å²) in [5.41, 5.74) is 1.19. The molecule has 1 amide bonds. The van der Waals surface area contributed by atoms with Crippen LogP contribution in [-0.4, -0.2) is 60.3 Å². The van der Waals surface area contributed by atoms with Crippen LogP contribution in [0.3, 0.4) is 0 Å². The van der Waals surface area contributed by atoms with Crippen molar-refractivity contribution in [2.45, 2.75) is 19.4 Å². The summed E-state index contributed by atoms with van der Waals surface area (Å²) in [4.78, 5) is 13.7. The van der Waals surface area contributed by atoms with E-state index in [0.717, 1.165) is 44.8 Å². The molecule has 1 aliphatic heterocycles. The molecule has 1 atom stereocenters. The lowest BCUT2D eigenvalue weighted by Crippen LogP contribution is -3.14. The molecular formula is C18H25FN5O2+. The number of morpholine rings is 1. The van der Waals surface area contributed by atoms with Crippen LogP contribution in [0, 0.1) is 5.82 Å². The largest absolute Gasteiger partial charge is 0.370 e. The molecular weight excluding hydrogens is 337 g/mol. The first-order valence-corrected chi connectivity index (χ1v) is 9.00. The summed E-state index contributed by atoms with van der Waals surface area (Å²) in [6, 6.07) is 6.10. The van der Waals surface area contributed by atoms with E-state index < -0.39 is 0 Å². The van der Waals surface area contributed by atoms with Gasteiger partial charge in [-0.05, 0) is 24.6 Å². The summed E-state index contributed by atoms with van der Waals surface area (Å²) < 4.78 is 20.0. The fourth-order valence-corrected chi connectivity index (χ4v) is 3.01. The third kappa shape index (κ3) is 4.86. The van der Waals surface area contributed by atoms with Gasteiger partial charge in [0.1, 0.15) is 18.9 Å². The minimum absolute atomic E-state index is 0.130. The van der Waals surface area contributed by atoms with E-state index in [1.807, 2.05) is 6.92 Å². The Kier molecular flexibility index (Phi) is 6.30. The Bertz CT molecular complexity index is 713. The van der Waals surface area contributed by atoms with Gasteiger partial charge in [0.15, 0.2) is 5.69 Å². The van der Waals surface area contributed by atoms with Crippen LogP contribution >= 0.6 is 0 Å². The summed E-state index contributed by atoms with van der Waals surface area (Å²) >= 11 is 0. The number of halogens is 1. The molecule has 2 aromatic rings. The van der Waals surface area contributed by atoms with Gasteiger partial charge in [-0.25, -0.2) is 9.07 Å². The van der Waals surface area contributed by atoms with Crippen molar-refractivity contribution >= 4 is 5.91 Å². The number of benzene rings is 1. The number of ether oxygens (including phenoxy) is 1. The second-order valence-corrected chi connectivity index (χ2v) is 6.53. The maximum Gasteiger partial charge on any atom is 0.273 e. The molecule has 1 aromatic carbocycles. The van der Waals surface area contributed by atoms with E-state index in [1.165, 1.54) is 17.0 Å². The zero-order chi connectivity index (χ0) is 18.4. The number of quaternary nitrogens is 1. The minimum atomic E-state index is -0.279. The number of aromatic nitrogens is 3. The molecule has 2 heterocycles. The van der Waals surface area contributed by atoms with Crippen molar-refractivity contribution < 1.29 is 18.8 Å². The molecule has 0 radical (unpaired) electrons. The first-order chi connectivity index (χ1) is 12.6. The summed E-state index contributed by atoms with van der Waals surface area (Å²) in [6.45, 7) is 7.26. The molecule has 3 rings (SSSR count). The molecule has 0 saturated carbocycles. The predicted molar refractivity (Wildman–Crippen MR) is 93.6 cm³/mol. The van der Waals surface area contributed by atoms with Crippen LogP contribution in [0.2, 0.25) is 0 Å². The van der Waals surface area contributed by atoms with Crippen LogP contribution in [0.15, 0.2) is 30.5 Å². The van der Waals surface area contributed by atoms with Gasteiger partial charge in [0.05, 0.1) is 32.0 Å². The smallest absolute Gasteiger partial charge is 0.273 e. The Balaban J connectivity index is 1.47. The second kappa shape index (κ2) is 8.86. The minimum Gasteiger partial charge on any atom is -0.370 e. The predicted octanol–water partition coefficient (Wildman–Crippen LogP) is 0.0615. The van der Waals surface area contributed by atoms with Gasteiger partial charge in [-0.15, -0.1) is 5.10 Å². The number of nitrogens with one attached hydrogen (secondary N) is 2. The lowest BCUT2D eigenvalue weighted by atomic mass is 10.1. The van der Waals surface area contributed by atoms with Gasteiger partial charge < -0.3 is 15.0 Å². The Labute approximate surface area is 152 Å². The van der Waals surface area contributed by atoms with Crippen molar-refractivity contribution in [3.63, 3.8) is 0 Å². The van der Waals surface area contributed by atoms with Crippen LogP contribution in [-0.2, 0) is 4.74 Å². The number of carbonyl (C=O) groups is 1. The average molecular weight is 362 g/mol. The molecule has 8 heteroatoms. The highest BCUT2D eigenvalue weighted by molar-refractivity contribution is 5.91. The molecule has 7 nitrogen and oxygen atoms in total. The summed E-state index contributed by atoms with van der Waals surface area (Å²) in [5.74, 6) is -0.502. The van der Waals surface area contributed by atoms with Gasteiger partial charge in [0.25, 0.3) is 5.91 Å². The molecule has 26 heavy (non-hydrogen) atoms. The van der Waals surface area contributed by atoms with Crippen LogP contribution in [0.1, 0.15) is 35.4 Å². The molecule has 0 unspecified atom stereocenters. The maximum atomic E-state index is 13.0. The Morgan fingerprint density at radius 1 is 1.35 bits per heavy atom. The lowest BCUT2D eigenvalue weighted by Gasteiger charge is -2.23. The molecule has 1 saturated heterocycles. The average Bonchev–Trinajstić information content (AvgIpc) is 3.16. The van der Waals surface area contributed by atoms with Crippen molar-refractivity contribution in [2.24, 2.45) is 0 Å². The maximum absolute atomic E-state index is 13.0. The highest BCUT2D eigenvalue weighted by atomic mass is 19.1. The van der Waals surface area contributed by atoms with E-state index in [4.69, 9.17) is 4.74 Å². The highest BCUT2D eigenvalue weighted by Gasteiger charge is 2.16. The van der Waals surface area contributed by atoms with Crippen molar-refractivity contribution in [1.82, 2.24) is 20.3 Å². The first kappa shape index (κ1) is 18.5.